The van der Waals surface area contributed by atoms with Crippen molar-refractivity contribution < 1.29 is 4.74 Å². The average molecular weight is 251 g/mol. The zero-order valence-electron chi connectivity index (χ0n) is 11.0. The van der Waals surface area contributed by atoms with Crippen LogP contribution in [-0.4, -0.2) is 12.1 Å². The molecule has 2 atom stereocenters. The summed E-state index contributed by atoms with van der Waals surface area (Å²) in [5, 5.41) is 0. The maximum atomic E-state index is 5.50. The van der Waals surface area contributed by atoms with E-state index in [1.165, 1.54) is 35.2 Å². The zero-order valence-corrected chi connectivity index (χ0v) is 11.0. The molecule has 3 aliphatic carbocycles. The van der Waals surface area contributed by atoms with Crippen molar-refractivity contribution in [1.29, 1.82) is 0 Å². The molecule has 2 aromatic rings. The van der Waals surface area contributed by atoms with Gasteiger partial charge in [-0.15, -0.1) is 0 Å². The topological polar surface area (TPSA) is 25.0 Å². The summed E-state index contributed by atoms with van der Waals surface area (Å²) >= 11 is 0. The molecule has 1 N–H and O–H groups in total. The fourth-order valence-corrected chi connectivity index (χ4v) is 3.55. The van der Waals surface area contributed by atoms with Crippen LogP contribution in [-0.2, 0) is 0 Å². The van der Waals surface area contributed by atoms with E-state index in [1.54, 1.807) is 7.11 Å². The minimum absolute atomic E-state index is 0.575. The summed E-state index contributed by atoms with van der Waals surface area (Å²) in [5.41, 5.74) is 5.39. The van der Waals surface area contributed by atoms with E-state index >= 15 is 0 Å². The van der Waals surface area contributed by atoms with Gasteiger partial charge in [-0.3, -0.25) is 0 Å². The number of para-hydroxylation sites is 1. The minimum Gasteiger partial charge on any atom is -0.496 e. The van der Waals surface area contributed by atoms with E-state index in [1.807, 2.05) is 12.1 Å². The molecule has 5 rings (SSSR count). The lowest BCUT2D eigenvalue weighted by molar-refractivity contribution is 0.416. The van der Waals surface area contributed by atoms with Crippen molar-refractivity contribution in [3.8, 4) is 17.0 Å². The van der Waals surface area contributed by atoms with E-state index < -0.39 is 0 Å². The van der Waals surface area contributed by atoms with Crippen molar-refractivity contribution in [1.82, 2.24) is 4.98 Å². The van der Waals surface area contributed by atoms with Crippen LogP contribution < -0.4 is 4.74 Å². The van der Waals surface area contributed by atoms with Crippen LogP contribution in [0.25, 0.3) is 11.3 Å². The number of rotatable bonds is 2. The van der Waals surface area contributed by atoms with Crippen LogP contribution in [0.5, 0.6) is 5.75 Å². The molecule has 0 aliphatic heterocycles. The Balaban J connectivity index is 1.91. The second kappa shape index (κ2) is 4.02. The number of H-pyrrole nitrogens is 1. The van der Waals surface area contributed by atoms with Gasteiger partial charge in [-0.1, -0.05) is 24.3 Å². The van der Waals surface area contributed by atoms with Gasteiger partial charge in [0.15, 0.2) is 0 Å². The Morgan fingerprint density at radius 3 is 2.68 bits per heavy atom. The summed E-state index contributed by atoms with van der Waals surface area (Å²) in [6, 6.07) is 8.25. The monoisotopic (exact) mass is 251 g/mol. The fourth-order valence-electron chi connectivity index (χ4n) is 3.55. The smallest absolute Gasteiger partial charge is 0.128 e. The number of aromatic nitrogens is 1. The van der Waals surface area contributed by atoms with Gasteiger partial charge in [-0.25, -0.2) is 0 Å². The molecule has 0 saturated heterocycles. The van der Waals surface area contributed by atoms with Gasteiger partial charge in [-0.2, -0.15) is 0 Å². The highest BCUT2D eigenvalue weighted by atomic mass is 16.5. The molecule has 19 heavy (non-hydrogen) atoms. The predicted molar refractivity (Wildman–Crippen MR) is 76.6 cm³/mol. The summed E-state index contributed by atoms with van der Waals surface area (Å²) in [4.78, 5) is 3.49. The van der Waals surface area contributed by atoms with Gasteiger partial charge in [0, 0.05) is 23.6 Å². The first kappa shape index (κ1) is 10.9. The van der Waals surface area contributed by atoms with Gasteiger partial charge < -0.3 is 9.72 Å². The Kier molecular flexibility index (Phi) is 2.31. The van der Waals surface area contributed by atoms with Crippen LogP contribution >= 0.6 is 0 Å². The lowest BCUT2D eigenvalue weighted by Gasteiger charge is -2.31. The normalized spacial score (nSPS) is 23.4. The lowest BCUT2D eigenvalue weighted by Crippen LogP contribution is -2.15. The third-order valence-corrected chi connectivity index (χ3v) is 4.46. The van der Waals surface area contributed by atoms with E-state index in [0.29, 0.717) is 11.8 Å². The first-order valence-electron chi connectivity index (χ1n) is 6.91. The molecule has 0 amide bonds. The van der Waals surface area contributed by atoms with Crippen molar-refractivity contribution in [2.45, 2.75) is 24.7 Å². The zero-order chi connectivity index (χ0) is 12.8. The van der Waals surface area contributed by atoms with Crippen LogP contribution in [0.2, 0.25) is 0 Å². The van der Waals surface area contributed by atoms with Gasteiger partial charge in [0.2, 0.25) is 0 Å². The second-order valence-electron chi connectivity index (χ2n) is 5.41. The molecule has 0 fully saturated rings. The van der Waals surface area contributed by atoms with E-state index in [-0.39, 0.29) is 0 Å². The first-order chi connectivity index (χ1) is 9.38. The number of benzene rings is 1. The lowest BCUT2D eigenvalue weighted by atomic mass is 9.72. The molecule has 0 saturated carbocycles. The summed E-state index contributed by atoms with van der Waals surface area (Å²) in [7, 11) is 1.74. The standard InChI is InChI=1S/C17H17NO/c1-19-15-5-3-2-4-13(15)17-16-12-8-6-11(7-9-12)14(16)10-18-17/h2-6,8,10-12,18H,7,9H2,1H3. The molecular formula is C17H17NO. The summed E-state index contributed by atoms with van der Waals surface area (Å²) in [6.45, 7) is 0. The minimum atomic E-state index is 0.575. The largest absolute Gasteiger partial charge is 0.496 e. The SMILES string of the molecule is COc1ccccc1-c1[nH]cc2c1C1C=CC2CC1. The highest BCUT2D eigenvalue weighted by molar-refractivity contribution is 5.74. The Morgan fingerprint density at radius 1 is 1.11 bits per heavy atom. The number of fused-ring (bicyclic) bond motifs is 1. The number of allylic oxidation sites excluding steroid dienone is 2. The first-order valence-corrected chi connectivity index (χ1v) is 6.91. The van der Waals surface area contributed by atoms with Crippen LogP contribution in [0.1, 0.15) is 35.8 Å². The van der Waals surface area contributed by atoms with Crippen molar-refractivity contribution in [3.05, 3.63) is 53.7 Å². The third kappa shape index (κ3) is 1.49. The van der Waals surface area contributed by atoms with Crippen molar-refractivity contribution in [3.63, 3.8) is 0 Å². The molecule has 1 heterocycles. The summed E-state index contributed by atoms with van der Waals surface area (Å²) in [5.74, 6) is 2.13. The number of ether oxygens (including phenoxy) is 1. The van der Waals surface area contributed by atoms with E-state index in [2.05, 4.69) is 35.5 Å². The van der Waals surface area contributed by atoms with Gasteiger partial charge in [0.25, 0.3) is 0 Å². The number of methoxy groups -OCH3 is 1. The maximum Gasteiger partial charge on any atom is 0.128 e. The molecule has 2 bridgehead atoms. The van der Waals surface area contributed by atoms with Crippen LogP contribution in [0.3, 0.4) is 0 Å². The van der Waals surface area contributed by atoms with E-state index in [4.69, 9.17) is 4.74 Å². The molecule has 2 unspecified atom stereocenters. The predicted octanol–water partition coefficient (Wildman–Crippen LogP) is 4.22. The second-order valence-corrected chi connectivity index (χ2v) is 5.41. The van der Waals surface area contributed by atoms with Gasteiger partial charge in [0.1, 0.15) is 5.75 Å². The third-order valence-electron chi connectivity index (χ3n) is 4.46. The van der Waals surface area contributed by atoms with Crippen LogP contribution in [0.15, 0.2) is 42.6 Å². The van der Waals surface area contributed by atoms with Gasteiger partial charge in [0.05, 0.1) is 12.8 Å². The molecule has 3 aliphatic rings. The van der Waals surface area contributed by atoms with Crippen molar-refractivity contribution in [2.24, 2.45) is 0 Å². The Labute approximate surface area is 113 Å². The van der Waals surface area contributed by atoms with Crippen LogP contribution in [0, 0.1) is 0 Å². The Hall–Kier alpha value is -1.96. The molecule has 0 spiro atoms. The number of nitrogens with one attached hydrogen (secondary N) is 1. The molecule has 2 heteroatoms. The summed E-state index contributed by atoms with van der Waals surface area (Å²) < 4.78 is 5.50. The van der Waals surface area contributed by atoms with Gasteiger partial charge >= 0.3 is 0 Å². The molecule has 2 nitrogen and oxygen atoms in total. The summed E-state index contributed by atoms with van der Waals surface area (Å²) in [6.07, 6.45) is 9.50. The maximum absolute atomic E-state index is 5.50. The average Bonchev–Trinajstić information content (AvgIpc) is 2.95. The number of hydrogen-bond acceptors (Lipinski definition) is 1. The van der Waals surface area contributed by atoms with Gasteiger partial charge in [-0.05, 0) is 36.1 Å². The number of aromatic amines is 1. The van der Waals surface area contributed by atoms with Crippen molar-refractivity contribution in [2.75, 3.05) is 7.11 Å². The molecular weight excluding hydrogens is 234 g/mol. The molecule has 1 aromatic heterocycles. The van der Waals surface area contributed by atoms with E-state index in [0.717, 1.165) is 5.75 Å². The fraction of sp³-hybridized carbons (Fsp3) is 0.294. The van der Waals surface area contributed by atoms with Crippen molar-refractivity contribution >= 4 is 0 Å². The van der Waals surface area contributed by atoms with Crippen LogP contribution in [0.4, 0.5) is 0 Å². The highest BCUT2D eigenvalue weighted by Gasteiger charge is 2.32. The number of hydrogen-bond donors (Lipinski definition) is 1. The molecule has 0 radical (unpaired) electrons. The molecule has 96 valence electrons. The molecule has 1 aromatic carbocycles. The quantitative estimate of drug-likeness (QED) is 0.794. The Bertz CT molecular complexity index is 653. The highest BCUT2D eigenvalue weighted by Crippen LogP contribution is 2.49. The van der Waals surface area contributed by atoms with E-state index in [9.17, 15) is 0 Å². The Morgan fingerprint density at radius 2 is 1.89 bits per heavy atom.